The number of anilines is 1. The van der Waals surface area contributed by atoms with Crippen LogP contribution in [0.25, 0.3) is 10.9 Å². The second kappa shape index (κ2) is 9.77. The molecule has 32 heavy (non-hydrogen) atoms. The van der Waals surface area contributed by atoms with E-state index in [1.54, 1.807) is 26.5 Å². The number of hydrogen-bond donors (Lipinski definition) is 1. The molecule has 0 aliphatic rings. The fraction of sp³-hybridized carbons (Fsp3) is 0.360. The summed E-state index contributed by atoms with van der Waals surface area (Å²) in [6.45, 7) is 7.87. The summed E-state index contributed by atoms with van der Waals surface area (Å²) in [6.07, 6.45) is 2.22. The van der Waals surface area contributed by atoms with Gasteiger partial charge in [0.1, 0.15) is 11.5 Å². The monoisotopic (exact) mass is 438 g/mol. The minimum atomic E-state index is -0.948. The number of aromatic nitrogens is 1. The molecular formula is C25H30N2O5. The first-order valence-corrected chi connectivity index (χ1v) is 10.7. The van der Waals surface area contributed by atoms with Crippen LogP contribution in [-0.4, -0.2) is 36.4 Å². The number of rotatable bonds is 8. The molecule has 1 N–H and O–H groups in total. The standard InChI is InChI=1S/C25H30N2O5/c1-7-17(8-2)27(25(28)29)20-9-10-21(16(4)15(20)3)32-22-11-12-26-19-14-24(31-6)23(30-5)13-18(19)22/h9-14,17H,7-8H2,1-6H3,(H,28,29). The highest BCUT2D eigenvalue weighted by atomic mass is 16.5. The second-order valence-corrected chi connectivity index (χ2v) is 7.59. The molecule has 2 aromatic carbocycles. The maximum atomic E-state index is 12.0. The molecular weight excluding hydrogens is 408 g/mol. The van der Waals surface area contributed by atoms with Gasteiger partial charge in [-0.05, 0) is 62.1 Å². The van der Waals surface area contributed by atoms with Crippen LogP contribution in [0.3, 0.4) is 0 Å². The average molecular weight is 439 g/mol. The van der Waals surface area contributed by atoms with Crippen molar-refractivity contribution in [2.24, 2.45) is 0 Å². The van der Waals surface area contributed by atoms with Gasteiger partial charge in [-0.1, -0.05) is 13.8 Å². The maximum absolute atomic E-state index is 12.0. The smallest absolute Gasteiger partial charge is 0.412 e. The van der Waals surface area contributed by atoms with Crippen molar-refractivity contribution in [2.75, 3.05) is 19.1 Å². The number of hydrogen-bond acceptors (Lipinski definition) is 5. The number of amides is 1. The lowest BCUT2D eigenvalue weighted by Crippen LogP contribution is -2.39. The van der Waals surface area contributed by atoms with Crippen molar-refractivity contribution in [1.29, 1.82) is 0 Å². The SMILES string of the molecule is CCC(CC)N(C(=O)O)c1ccc(Oc2ccnc3cc(OC)c(OC)cc23)c(C)c1C. The van der Waals surface area contributed by atoms with Crippen LogP contribution in [0, 0.1) is 13.8 Å². The molecule has 0 unspecified atom stereocenters. The van der Waals surface area contributed by atoms with Crippen molar-refractivity contribution in [3.8, 4) is 23.0 Å². The van der Waals surface area contributed by atoms with Gasteiger partial charge in [-0.25, -0.2) is 4.79 Å². The lowest BCUT2D eigenvalue weighted by molar-refractivity contribution is 0.198. The molecule has 3 rings (SSSR count). The van der Waals surface area contributed by atoms with Gasteiger partial charge in [0.2, 0.25) is 0 Å². The van der Waals surface area contributed by atoms with E-state index in [0.717, 1.165) is 34.9 Å². The minimum absolute atomic E-state index is 0.0797. The molecule has 0 saturated heterocycles. The first kappa shape index (κ1) is 23.2. The van der Waals surface area contributed by atoms with Gasteiger partial charge < -0.3 is 19.3 Å². The molecule has 0 fully saturated rings. The average Bonchev–Trinajstić information content (AvgIpc) is 2.80. The van der Waals surface area contributed by atoms with E-state index in [0.29, 0.717) is 28.7 Å². The summed E-state index contributed by atoms with van der Waals surface area (Å²) >= 11 is 0. The van der Waals surface area contributed by atoms with Crippen LogP contribution in [0.1, 0.15) is 37.8 Å². The van der Waals surface area contributed by atoms with Crippen LogP contribution in [0.2, 0.25) is 0 Å². The first-order valence-electron chi connectivity index (χ1n) is 10.7. The highest BCUT2D eigenvalue weighted by molar-refractivity contribution is 5.89. The molecule has 3 aromatic rings. The number of nitrogens with zero attached hydrogens (tertiary/aromatic N) is 2. The number of ether oxygens (including phenoxy) is 3. The van der Waals surface area contributed by atoms with Crippen molar-refractivity contribution in [1.82, 2.24) is 4.98 Å². The Labute approximate surface area is 188 Å². The van der Waals surface area contributed by atoms with Crippen LogP contribution in [-0.2, 0) is 0 Å². The summed E-state index contributed by atoms with van der Waals surface area (Å²) in [6, 6.07) is 9.00. The molecule has 0 spiro atoms. The van der Waals surface area contributed by atoms with Gasteiger partial charge in [-0.3, -0.25) is 9.88 Å². The molecule has 7 nitrogen and oxygen atoms in total. The maximum Gasteiger partial charge on any atom is 0.412 e. The number of carbonyl (C=O) groups is 1. The van der Waals surface area contributed by atoms with Gasteiger partial charge in [0.25, 0.3) is 0 Å². The van der Waals surface area contributed by atoms with E-state index in [4.69, 9.17) is 14.2 Å². The summed E-state index contributed by atoms with van der Waals surface area (Å²) < 4.78 is 17.1. The first-order chi connectivity index (χ1) is 15.4. The highest BCUT2D eigenvalue weighted by Gasteiger charge is 2.25. The number of pyridine rings is 1. The van der Waals surface area contributed by atoms with E-state index in [2.05, 4.69) is 4.98 Å². The summed E-state index contributed by atoms with van der Waals surface area (Å²) in [5.41, 5.74) is 3.15. The Morgan fingerprint density at radius 3 is 2.22 bits per heavy atom. The van der Waals surface area contributed by atoms with Crippen LogP contribution in [0.5, 0.6) is 23.0 Å². The van der Waals surface area contributed by atoms with Crippen molar-refractivity contribution in [3.63, 3.8) is 0 Å². The van der Waals surface area contributed by atoms with Crippen molar-refractivity contribution >= 4 is 22.7 Å². The summed E-state index contributed by atoms with van der Waals surface area (Å²) in [5, 5.41) is 10.6. The van der Waals surface area contributed by atoms with E-state index in [9.17, 15) is 9.90 Å². The van der Waals surface area contributed by atoms with Crippen LogP contribution < -0.4 is 19.1 Å². The summed E-state index contributed by atoms with van der Waals surface area (Å²) in [7, 11) is 3.17. The van der Waals surface area contributed by atoms with Gasteiger partial charge in [0.15, 0.2) is 11.5 Å². The summed E-state index contributed by atoms with van der Waals surface area (Å²) in [4.78, 5) is 17.9. The Balaban J connectivity index is 2.05. The molecule has 170 valence electrons. The fourth-order valence-corrected chi connectivity index (χ4v) is 3.92. The van der Waals surface area contributed by atoms with E-state index >= 15 is 0 Å². The zero-order chi connectivity index (χ0) is 23.4. The van der Waals surface area contributed by atoms with Gasteiger partial charge in [0.05, 0.1) is 25.4 Å². The second-order valence-electron chi connectivity index (χ2n) is 7.59. The lowest BCUT2D eigenvalue weighted by atomic mass is 10.0. The predicted molar refractivity (Wildman–Crippen MR) is 126 cm³/mol. The Morgan fingerprint density at radius 1 is 0.969 bits per heavy atom. The Bertz CT molecular complexity index is 1130. The van der Waals surface area contributed by atoms with Crippen molar-refractivity contribution < 1.29 is 24.1 Å². The number of carboxylic acid groups (broad SMARTS) is 1. The normalized spacial score (nSPS) is 11.0. The number of benzene rings is 2. The molecule has 0 radical (unpaired) electrons. The highest BCUT2D eigenvalue weighted by Crippen LogP contribution is 2.39. The van der Waals surface area contributed by atoms with E-state index < -0.39 is 6.09 Å². The minimum Gasteiger partial charge on any atom is -0.493 e. The predicted octanol–water partition coefficient (Wildman–Crippen LogP) is 6.33. The molecule has 1 heterocycles. The lowest BCUT2D eigenvalue weighted by Gasteiger charge is -2.30. The zero-order valence-electron chi connectivity index (χ0n) is 19.4. The molecule has 0 bridgehead atoms. The number of fused-ring (bicyclic) bond motifs is 1. The fourth-order valence-electron chi connectivity index (χ4n) is 3.92. The molecule has 0 atom stereocenters. The van der Waals surface area contributed by atoms with E-state index in [1.165, 1.54) is 4.90 Å². The Hall–Kier alpha value is -3.48. The number of methoxy groups -OCH3 is 2. The Kier molecular flexibility index (Phi) is 7.08. The van der Waals surface area contributed by atoms with Gasteiger partial charge in [-0.15, -0.1) is 0 Å². The molecule has 1 amide bonds. The Morgan fingerprint density at radius 2 is 1.62 bits per heavy atom. The van der Waals surface area contributed by atoms with Crippen molar-refractivity contribution in [3.05, 3.63) is 47.7 Å². The van der Waals surface area contributed by atoms with Gasteiger partial charge in [0, 0.05) is 23.7 Å². The summed E-state index contributed by atoms with van der Waals surface area (Å²) in [5.74, 6) is 2.46. The molecule has 0 aliphatic heterocycles. The third-order valence-electron chi connectivity index (χ3n) is 5.91. The van der Waals surface area contributed by atoms with E-state index in [-0.39, 0.29) is 6.04 Å². The van der Waals surface area contributed by atoms with Crippen LogP contribution >= 0.6 is 0 Å². The molecule has 1 aromatic heterocycles. The molecule has 0 saturated carbocycles. The topological polar surface area (TPSA) is 81.1 Å². The van der Waals surface area contributed by atoms with Crippen LogP contribution in [0.4, 0.5) is 10.5 Å². The quantitative estimate of drug-likeness (QED) is 0.442. The van der Waals surface area contributed by atoms with Gasteiger partial charge >= 0.3 is 6.09 Å². The van der Waals surface area contributed by atoms with Crippen LogP contribution in [0.15, 0.2) is 36.5 Å². The molecule has 7 heteroatoms. The van der Waals surface area contributed by atoms with Gasteiger partial charge in [-0.2, -0.15) is 0 Å². The van der Waals surface area contributed by atoms with Crippen molar-refractivity contribution in [2.45, 2.75) is 46.6 Å². The largest absolute Gasteiger partial charge is 0.493 e. The molecule has 0 aliphatic carbocycles. The van der Waals surface area contributed by atoms with E-state index in [1.807, 2.05) is 52.0 Å². The third-order valence-corrected chi connectivity index (χ3v) is 5.91. The third kappa shape index (κ3) is 4.28. The zero-order valence-corrected chi connectivity index (χ0v) is 19.4.